The maximum atomic E-state index is 12.7. The second-order valence-corrected chi connectivity index (χ2v) is 2.49. The van der Waals surface area contributed by atoms with E-state index in [4.69, 9.17) is 0 Å². The summed E-state index contributed by atoms with van der Waals surface area (Å²) in [5.41, 5.74) is 0.932. The van der Waals surface area contributed by atoms with Crippen LogP contribution in [0.3, 0.4) is 0 Å². The molecule has 0 aromatic heterocycles. The second-order valence-electron chi connectivity index (χ2n) is 2.49. The fourth-order valence-electron chi connectivity index (χ4n) is 0.849. The third-order valence-corrected chi connectivity index (χ3v) is 1.52. The number of rotatable bonds is 2. The summed E-state index contributed by atoms with van der Waals surface area (Å²) < 4.78 is 12.7. The van der Waals surface area contributed by atoms with Gasteiger partial charge < -0.3 is 5.32 Å². The first-order valence-corrected chi connectivity index (χ1v) is 3.68. The average Bonchev–Trinajstić information content (AvgIpc) is 2.11. The molecule has 67 valence electrons. The van der Waals surface area contributed by atoms with E-state index >= 15 is 0 Å². The summed E-state index contributed by atoms with van der Waals surface area (Å²) in [5, 5.41) is 2.44. The molecule has 0 atom stereocenters. The number of amides is 1. The van der Waals surface area contributed by atoms with Crippen LogP contribution >= 0.6 is 0 Å². The Morgan fingerprint density at radius 1 is 1.54 bits per heavy atom. The molecule has 0 spiro atoms. The van der Waals surface area contributed by atoms with Gasteiger partial charge in [-0.3, -0.25) is 4.79 Å². The van der Waals surface area contributed by atoms with Gasteiger partial charge in [0.1, 0.15) is 5.82 Å². The van der Waals surface area contributed by atoms with Crippen LogP contribution in [0.15, 0.2) is 30.9 Å². The number of nitrogens with one attached hydrogen (secondary N) is 1. The number of carbonyl (C=O) groups is 1. The lowest BCUT2D eigenvalue weighted by Gasteiger charge is -2.05. The van der Waals surface area contributed by atoms with E-state index in [1.165, 1.54) is 18.2 Å². The standard InChI is InChI=1S/C10H9FNO/c1-3-10(13)12-9-6-8(11)5-4-7(9)2/h3-6H,1-2H2,(H,12,13). The molecule has 1 radical (unpaired) electrons. The third kappa shape index (κ3) is 2.40. The molecule has 1 aromatic rings. The van der Waals surface area contributed by atoms with Crippen molar-refractivity contribution in [3.63, 3.8) is 0 Å². The van der Waals surface area contributed by atoms with Crippen molar-refractivity contribution in [1.29, 1.82) is 0 Å². The van der Waals surface area contributed by atoms with Gasteiger partial charge in [0.25, 0.3) is 0 Å². The van der Waals surface area contributed by atoms with Crippen LogP contribution in [0.1, 0.15) is 5.56 Å². The van der Waals surface area contributed by atoms with Gasteiger partial charge in [-0.25, -0.2) is 4.39 Å². The van der Waals surface area contributed by atoms with Crippen molar-refractivity contribution in [3.05, 3.63) is 49.2 Å². The number of anilines is 1. The maximum absolute atomic E-state index is 12.7. The summed E-state index contributed by atoms with van der Waals surface area (Å²) in [6, 6.07) is 3.99. The number of carbonyl (C=O) groups excluding carboxylic acids is 1. The molecule has 0 fully saturated rings. The molecule has 0 unspecified atom stereocenters. The van der Waals surface area contributed by atoms with Crippen LogP contribution in [0, 0.1) is 12.7 Å². The van der Waals surface area contributed by atoms with Crippen LogP contribution in [-0.4, -0.2) is 5.91 Å². The number of hydrogen-bond acceptors (Lipinski definition) is 1. The highest BCUT2D eigenvalue weighted by molar-refractivity contribution is 5.99. The average molecular weight is 178 g/mol. The lowest BCUT2D eigenvalue weighted by Crippen LogP contribution is -2.08. The van der Waals surface area contributed by atoms with Crippen molar-refractivity contribution in [2.75, 3.05) is 5.32 Å². The van der Waals surface area contributed by atoms with Crippen LogP contribution in [0.4, 0.5) is 10.1 Å². The van der Waals surface area contributed by atoms with Crippen LogP contribution in [-0.2, 0) is 4.79 Å². The summed E-state index contributed by atoms with van der Waals surface area (Å²) in [7, 11) is 0. The summed E-state index contributed by atoms with van der Waals surface area (Å²) in [5.74, 6) is -0.790. The molecule has 0 saturated heterocycles. The predicted molar refractivity (Wildman–Crippen MR) is 49.7 cm³/mol. The minimum absolute atomic E-state index is 0.366. The van der Waals surface area contributed by atoms with Crippen molar-refractivity contribution >= 4 is 11.6 Å². The van der Waals surface area contributed by atoms with E-state index in [1.54, 1.807) is 0 Å². The SMILES string of the molecule is [CH2]c1ccc(F)cc1NC(=O)C=C. The van der Waals surface area contributed by atoms with Gasteiger partial charge in [0, 0.05) is 5.69 Å². The Morgan fingerprint density at radius 2 is 2.23 bits per heavy atom. The fraction of sp³-hybridized carbons (Fsp3) is 0. The summed E-state index contributed by atoms with van der Waals surface area (Å²) in [6.45, 7) is 6.92. The van der Waals surface area contributed by atoms with Gasteiger partial charge in [-0.05, 0) is 30.7 Å². The summed E-state index contributed by atoms with van der Waals surface area (Å²) >= 11 is 0. The van der Waals surface area contributed by atoms with E-state index in [0.717, 1.165) is 6.08 Å². The summed E-state index contributed by atoms with van der Waals surface area (Å²) in [6.07, 6.45) is 1.12. The molecule has 1 amide bonds. The van der Waals surface area contributed by atoms with E-state index < -0.39 is 5.82 Å². The molecule has 13 heavy (non-hydrogen) atoms. The van der Waals surface area contributed by atoms with Crippen LogP contribution in [0.5, 0.6) is 0 Å². The molecule has 0 saturated carbocycles. The van der Waals surface area contributed by atoms with Gasteiger partial charge >= 0.3 is 0 Å². The number of benzene rings is 1. The van der Waals surface area contributed by atoms with Crippen molar-refractivity contribution in [1.82, 2.24) is 0 Å². The maximum Gasteiger partial charge on any atom is 0.247 e. The van der Waals surface area contributed by atoms with Crippen molar-refractivity contribution < 1.29 is 9.18 Å². The molecule has 1 aromatic carbocycles. The Labute approximate surface area is 76.1 Å². The van der Waals surface area contributed by atoms with E-state index in [2.05, 4.69) is 18.8 Å². The minimum Gasteiger partial charge on any atom is -0.322 e. The molecular formula is C10H9FNO. The summed E-state index contributed by atoms with van der Waals surface area (Å²) in [4.78, 5) is 10.9. The quantitative estimate of drug-likeness (QED) is 0.690. The topological polar surface area (TPSA) is 29.1 Å². The first kappa shape index (κ1) is 9.45. The lowest BCUT2D eigenvalue weighted by molar-refractivity contribution is -0.111. The van der Waals surface area contributed by atoms with Gasteiger partial charge in [0.15, 0.2) is 0 Å². The normalized spacial score (nSPS) is 9.38. The van der Waals surface area contributed by atoms with E-state index in [1.807, 2.05) is 0 Å². The Balaban J connectivity index is 2.93. The molecule has 1 N–H and O–H groups in total. The highest BCUT2D eigenvalue weighted by atomic mass is 19.1. The van der Waals surface area contributed by atoms with Crippen LogP contribution in [0.25, 0.3) is 0 Å². The molecular weight excluding hydrogens is 169 g/mol. The van der Waals surface area contributed by atoms with Crippen LogP contribution in [0.2, 0.25) is 0 Å². The molecule has 0 heterocycles. The zero-order chi connectivity index (χ0) is 9.84. The number of halogens is 1. The molecule has 3 heteroatoms. The largest absolute Gasteiger partial charge is 0.322 e. The number of hydrogen-bond donors (Lipinski definition) is 1. The third-order valence-electron chi connectivity index (χ3n) is 1.52. The lowest BCUT2D eigenvalue weighted by atomic mass is 10.2. The zero-order valence-electron chi connectivity index (χ0n) is 7.01. The first-order valence-electron chi connectivity index (χ1n) is 3.68. The van der Waals surface area contributed by atoms with Crippen molar-refractivity contribution in [2.24, 2.45) is 0 Å². The van der Waals surface area contributed by atoms with Gasteiger partial charge in [0.2, 0.25) is 5.91 Å². The fourth-order valence-corrected chi connectivity index (χ4v) is 0.849. The van der Waals surface area contributed by atoms with Gasteiger partial charge in [-0.1, -0.05) is 12.6 Å². The van der Waals surface area contributed by atoms with Crippen molar-refractivity contribution in [2.45, 2.75) is 0 Å². The predicted octanol–water partition coefficient (Wildman–Crippen LogP) is 2.13. The molecule has 2 nitrogen and oxygen atoms in total. The highest BCUT2D eigenvalue weighted by Gasteiger charge is 2.01. The Kier molecular flexibility index (Phi) is 2.80. The highest BCUT2D eigenvalue weighted by Crippen LogP contribution is 2.15. The van der Waals surface area contributed by atoms with E-state index in [9.17, 15) is 9.18 Å². The minimum atomic E-state index is -0.410. The molecule has 0 aliphatic rings. The molecule has 0 aliphatic carbocycles. The molecule has 0 bridgehead atoms. The smallest absolute Gasteiger partial charge is 0.247 e. The second kappa shape index (κ2) is 3.85. The monoisotopic (exact) mass is 178 g/mol. The van der Waals surface area contributed by atoms with E-state index in [-0.39, 0.29) is 5.91 Å². The van der Waals surface area contributed by atoms with Crippen LogP contribution < -0.4 is 5.32 Å². The van der Waals surface area contributed by atoms with E-state index in [0.29, 0.717) is 11.3 Å². The van der Waals surface area contributed by atoms with Gasteiger partial charge in [-0.15, -0.1) is 0 Å². The Hall–Kier alpha value is -1.64. The van der Waals surface area contributed by atoms with Crippen molar-refractivity contribution in [3.8, 4) is 0 Å². The first-order chi connectivity index (χ1) is 6.13. The zero-order valence-corrected chi connectivity index (χ0v) is 7.01. The Bertz CT molecular complexity index is 347. The molecule has 0 aliphatic heterocycles. The molecule has 1 rings (SSSR count). The van der Waals surface area contributed by atoms with Gasteiger partial charge in [-0.2, -0.15) is 0 Å². The Morgan fingerprint density at radius 3 is 2.85 bits per heavy atom. The van der Waals surface area contributed by atoms with Gasteiger partial charge in [0.05, 0.1) is 0 Å².